The minimum absolute atomic E-state index is 0.00225. The Morgan fingerprint density at radius 2 is 2.29 bits per heavy atom. The molecule has 2 amide bonds. The van der Waals surface area contributed by atoms with E-state index >= 15 is 0 Å². The highest BCUT2D eigenvalue weighted by atomic mass is 16.5. The Labute approximate surface area is 101 Å². The van der Waals surface area contributed by atoms with E-state index in [4.69, 9.17) is 4.74 Å². The van der Waals surface area contributed by atoms with Crippen LogP contribution in [0.25, 0.3) is 0 Å². The smallest absolute Gasteiger partial charge is 0.225 e. The maximum atomic E-state index is 11.9. The van der Waals surface area contributed by atoms with Crippen molar-refractivity contribution in [1.82, 2.24) is 10.2 Å². The average molecular weight is 240 g/mol. The lowest BCUT2D eigenvalue weighted by Gasteiger charge is -2.38. The van der Waals surface area contributed by atoms with Crippen LogP contribution in [-0.4, -0.2) is 49.6 Å². The summed E-state index contributed by atoms with van der Waals surface area (Å²) in [7, 11) is 0. The van der Waals surface area contributed by atoms with E-state index in [0.29, 0.717) is 39.3 Å². The Morgan fingerprint density at radius 3 is 2.76 bits per heavy atom. The first-order chi connectivity index (χ1) is 8.04. The van der Waals surface area contributed by atoms with Gasteiger partial charge in [0.1, 0.15) is 0 Å². The van der Waals surface area contributed by atoms with Gasteiger partial charge in [-0.3, -0.25) is 9.59 Å². The van der Waals surface area contributed by atoms with Gasteiger partial charge in [-0.2, -0.15) is 0 Å². The second kappa shape index (κ2) is 4.64. The van der Waals surface area contributed by atoms with Gasteiger partial charge < -0.3 is 15.0 Å². The Bertz CT molecular complexity index is 326. The van der Waals surface area contributed by atoms with Crippen molar-refractivity contribution in [2.45, 2.75) is 20.3 Å². The number of hydrogen-bond acceptors (Lipinski definition) is 3. The van der Waals surface area contributed by atoms with E-state index in [2.05, 4.69) is 12.2 Å². The highest BCUT2D eigenvalue weighted by Gasteiger charge is 2.37. The molecular formula is C12H20N2O3. The first kappa shape index (κ1) is 12.4. The van der Waals surface area contributed by atoms with Crippen molar-refractivity contribution in [2.24, 2.45) is 11.3 Å². The number of hydrogen-bond donors (Lipinski definition) is 1. The summed E-state index contributed by atoms with van der Waals surface area (Å²) in [6, 6.07) is 0. The lowest BCUT2D eigenvalue weighted by Crippen LogP contribution is -2.49. The van der Waals surface area contributed by atoms with E-state index in [1.807, 2.05) is 6.92 Å². The molecule has 0 aromatic heterocycles. The fraction of sp³-hybridized carbons (Fsp3) is 0.833. The van der Waals surface area contributed by atoms with Crippen molar-refractivity contribution >= 4 is 11.8 Å². The summed E-state index contributed by atoms with van der Waals surface area (Å²) in [4.78, 5) is 25.2. The number of carbonyl (C=O) groups excluding carboxylic acids is 2. The van der Waals surface area contributed by atoms with Gasteiger partial charge in [0, 0.05) is 31.5 Å². The molecule has 0 aromatic rings. The summed E-state index contributed by atoms with van der Waals surface area (Å²) >= 11 is 0. The summed E-state index contributed by atoms with van der Waals surface area (Å²) in [6.07, 6.45) is 0.354. The van der Waals surface area contributed by atoms with E-state index in [0.717, 1.165) is 0 Å². The molecule has 0 spiro atoms. The quantitative estimate of drug-likeness (QED) is 0.753. The summed E-state index contributed by atoms with van der Waals surface area (Å²) in [5.41, 5.74) is 0.0860. The molecule has 2 heterocycles. The lowest BCUT2D eigenvalue weighted by molar-refractivity contribution is -0.131. The standard InChI is InChI=1S/C12H20N2O3/c1-3-14-5-9(4-10(14)15)11(16)13-6-12(2)7-17-8-12/h9H,3-8H2,1-2H3,(H,13,16). The third-order valence-corrected chi connectivity index (χ3v) is 3.56. The van der Waals surface area contributed by atoms with Gasteiger partial charge in [-0.15, -0.1) is 0 Å². The van der Waals surface area contributed by atoms with Crippen LogP contribution in [0.1, 0.15) is 20.3 Å². The largest absolute Gasteiger partial charge is 0.380 e. The monoisotopic (exact) mass is 240 g/mol. The van der Waals surface area contributed by atoms with Crippen LogP contribution in [0.4, 0.5) is 0 Å². The molecule has 5 heteroatoms. The molecule has 0 aromatic carbocycles. The first-order valence-corrected chi connectivity index (χ1v) is 6.17. The van der Waals surface area contributed by atoms with Crippen LogP contribution in [0.3, 0.4) is 0 Å². The Kier molecular flexibility index (Phi) is 3.38. The molecule has 2 fully saturated rings. The molecule has 96 valence electrons. The Hall–Kier alpha value is -1.10. The molecule has 17 heavy (non-hydrogen) atoms. The molecule has 0 saturated carbocycles. The normalized spacial score (nSPS) is 26.8. The first-order valence-electron chi connectivity index (χ1n) is 6.17. The molecule has 5 nitrogen and oxygen atoms in total. The number of amides is 2. The Balaban J connectivity index is 1.79. The summed E-state index contributed by atoms with van der Waals surface area (Å²) < 4.78 is 5.13. The Morgan fingerprint density at radius 1 is 1.59 bits per heavy atom. The van der Waals surface area contributed by atoms with Crippen LogP contribution in [0.5, 0.6) is 0 Å². The molecule has 0 radical (unpaired) electrons. The number of rotatable bonds is 4. The van der Waals surface area contributed by atoms with Gasteiger partial charge in [-0.25, -0.2) is 0 Å². The van der Waals surface area contributed by atoms with Crippen molar-refractivity contribution in [1.29, 1.82) is 0 Å². The summed E-state index contributed by atoms with van der Waals surface area (Å²) in [5, 5.41) is 2.93. The molecule has 1 atom stereocenters. The zero-order chi connectivity index (χ0) is 12.5. The number of ether oxygens (including phenoxy) is 1. The van der Waals surface area contributed by atoms with Gasteiger partial charge in [-0.1, -0.05) is 6.92 Å². The summed E-state index contributed by atoms with van der Waals surface area (Å²) in [5.74, 6) is -0.0830. The van der Waals surface area contributed by atoms with Crippen LogP contribution >= 0.6 is 0 Å². The highest BCUT2D eigenvalue weighted by molar-refractivity contribution is 5.89. The van der Waals surface area contributed by atoms with Gasteiger partial charge >= 0.3 is 0 Å². The van der Waals surface area contributed by atoms with Crippen LogP contribution in [0, 0.1) is 11.3 Å². The fourth-order valence-electron chi connectivity index (χ4n) is 2.25. The second-order valence-electron chi connectivity index (χ2n) is 5.35. The van der Waals surface area contributed by atoms with Gasteiger partial charge in [0.05, 0.1) is 19.1 Å². The van der Waals surface area contributed by atoms with Crippen molar-refractivity contribution in [2.75, 3.05) is 32.8 Å². The topological polar surface area (TPSA) is 58.6 Å². The number of nitrogens with zero attached hydrogens (tertiary/aromatic N) is 1. The van der Waals surface area contributed by atoms with E-state index in [1.54, 1.807) is 4.90 Å². The predicted molar refractivity (Wildman–Crippen MR) is 62.3 cm³/mol. The number of nitrogens with one attached hydrogen (secondary N) is 1. The van der Waals surface area contributed by atoms with Gasteiger partial charge in [0.2, 0.25) is 11.8 Å². The van der Waals surface area contributed by atoms with Crippen LogP contribution in [0.2, 0.25) is 0 Å². The predicted octanol–water partition coefficient (Wildman–Crippen LogP) is 0.00750. The summed E-state index contributed by atoms with van der Waals surface area (Å²) in [6.45, 7) is 7.33. The maximum absolute atomic E-state index is 11.9. The molecule has 0 bridgehead atoms. The zero-order valence-electron chi connectivity index (χ0n) is 10.5. The van der Waals surface area contributed by atoms with Crippen LogP contribution < -0.4 is 5.32 Å². The van der Waals surface area contributed by atoms with E-state index < -0.39 is 0 Å². The molecular weight excluding hydrogens is 220 g/mol. The highest BCUT2D eigenvalue weighted by Crippen LogP contribution is 2.25. The third kappa shape index (κ3) is 2.60. The lowest BCUT2D eigenvalue weighted by atomic mass is 9.88. The fourth-order valence-corrected chi connectivity index (χ4v) is 2.25. The van der Waals surface area contributed by atoms with Crippen LogP contribution in [0.15, 0.2) is 0 Å². The average Bonchev–Trinajstić information content (AvgIpc) is 2.65. The maximum Gasteiger partial charge on any atom is 0.225 e. The van der Waals surface area contributed by atoms with Crippen molar-refractivity contribution in [3.8, 4) is 0 Å². The number of likely N-dealkylation sites (tertiary alicyclic amines) is 1. The van der Waals surface area contributed by atoms with Crippen molar-refractivity contribution in [3.05, 3.63) is 0 Å². The molecule has 2 aliphatic heterocycles. The molecule has 0 aliphatic carbocycles. The zero-order valence-corrected chi connectivity index (χ0v) is 10.5. The van der Waals surface area contributed by atoms with Crippen molar-refractivity contribution in [3.63, 3.8) is 0 Å². The SMILES string of the molecule is CCN1CC(C(=O)NCC2(C)COC2)CC1=O. The van der Waals surface area contributed by atoms with Crippen molar-refractivity contribution < 1.29 is 14.3 Å². The van der Waals surface area contributed by atoms with Crippen LogP contribution in [-0.2, 0) is 14.3 Å². The van der Waals surface area contributed by atoms with Gasteiger partial charge in [0.15, 0.2) is 0 Å². The minimum atomic E-state index is -0.174. The van der Waals surface area contributed by atoms with E-state index in [-0.39, 0.29) is 23.1 Å². The molecule has 1 N–H and O–H groups in total. The molecule has 2 rings (SSSR count). The van der Waals surface area contributed by atoms with Gasteiger partial charge in [0.25, 0.3) is 0 Å². The molecule has 2 saturated heterocycles. The van der Waals surface area contributed by atoms with E-state index in [1.165, 1.54) is 0 Å². The molecule has 1 unspecified atom stereocenters. The van der Waals surface area contributed by atoms with Gasteiger partial charge in [-0.05, 0) is 6.92 Å². The van der Waals surface area contributed by atoms with E-state index in [9.17, 15) is 9.59 Å². The second-order valence-corrected chi connectivity index (χ2v) is 5.35. The number of carbonyl (C=O) groups is 2. The molecule has 2 aliphatic rings. The minimum Gasteiger partial charge on any atom is -0.380 e. The third-order valence-electron chi connectivity index (χ3n) is 3.56.